The van der Waals surface area contributed by atoms with Gasteiger partial charge in [0.05, 0.1) is 5.52 Å². The molecule has 112 valence electrons. The van der Waals surface area contributed by atoms with Crippen molar-refractivity contribution in [1.82, 2.24) is 15.2 Å². The molecule has 2 heterocycles. The van der Waals surface area contributed by atoms with Crippen LogP contribution in [0.15, 0.2) is 22.7 Å². The Balaban J connectivity index is 1.91. The summed E-state index contributed by atoms with van der Waals surface area (Å²) in [6.07, 6.45) is 1.06. The highest BCUT2D eigenvalue weighted by Gasteiger charge is 2.54. The van der Waals surface area contributed by atoms with E-state index in [-0.39, 0.29) is 11.9 Å². The number of fused-ring (bicyclic) bond motifs is 2. The van der Waals surface area contributed by atoms with Gasteiger partial charge in [0, 0.05) is 35.4 Å². The lowest BCUT2D eigenvalue weighted by atomic mass is 9.95. The average molecular weight is 360 g/mol. The number of halogens is 1. The number of aryl methyl sites for hydroxylation is 1. The number of nitrogens with zero attached hydrogens (tertiary/aromatic N) is 2. The molecule has 1 spiro atoms. The first-order chi connectivity index (χ1) is 10.4. The third-order valence-corrected chi connectivity index (χ3v) is 5.65. The highest BCUT2D eigenvalue weighted by molar-refractivity contribution is 9.10. The monoisotopic (exact) mass is 359 g/mol. The molecule has 0 bridgehead atoms. The van der Waals surface area contributed by atoms with Gasteiger partial charge in [0.15, 0.2) is 0 Å². The van der Waals surface area contributed by atoms with E-state index in [0.29, 0.717) is 12.8 Å². The van der Waals surface area contributed by atoms with Crippen molar-refractivity contribution in [3.8, 4) is 0 Å². The number of aromatic nitrogens is 1. The standard InChI is InChI=1S/C16H14BrN3O2/c1-8-3-4-9-5-10-6-16(14(21)19-15(22)20(16)2)7-11(10)12(17)13(9)18-8/h3-5H,6-7H2,1-2H3,(H,19,21,22)/t16-/m1/s1. The van der Waals surface area contributed by atoms with E-state index in [1.54, 1.807) is 7.05 Å². The van der Waals surface area contributed by atoms with Crippen molar-refractivity contribution in [2.75, 3.05) is 7.05 Å². The molecule has 1 aromatic heterocycles. The SMILES string of the molecule is Cc1ccc2cc3c(c(Br)c2n1)C[C@]1(C3)C(=O)NC(=O)N1C. The molecule has 0 unspecified atom stereocenters. The van der Waals surface area contributed by atoms with Crippen LogP contribution in [0.5, 0.6) is 0 Å². The second kappa shape index (κ2) is 4.29. The van der Waals surface area contributed by atoms with Gasteiger partial charge in [0.1, 0.15) is 5.54 Å². The molecule has 0 saturated carbocycles. The third-order valence-electron chi connectivity index (χ3n) is 4.80. The number of nitrogens with one attached hydrogen (secondary N) is 1. The van der Waals surface area contributed by atoms with Crippen LogP contribution in [0, 0.1) is 6.92 Å². The largest absolute Gasteiger partial charge is 0.324 e. The maximum absolute atomic E-state index is 12.3. The lowest BCUT2D eigenvalue weighted by Gasteiger charge is -2.27. The van der Waals surface area contributed by atoms with E-state index in [4.69, 9.17) is 0 Å². The molecule has 22 heavy (non-hydrogen) atoms. The number of carbonyl (C=O) groups excluding carboxylic acids is 2. The van der Waals surface area contributed by atoms with E-state index < -0.39 is 5.54 Å². The fourth-order valence-electron chi connectivity index (χ4n) is 3.48. The number of hydrogen-bond donors (Lipinski definition) is 1. The Morgan fingerprint density at radius 3 is 2.77 bits per heavy atom. The normalized spacial score (nSPS) is 23.5. The van der Waals surface area contributed by atoms with Crippen LogP contribution >= 0.6 is 15.9 Å². The van der Waals surface area contributed by atoms with Gasteiger partial charge in [-0.2, -0.15) is 0 Å². The summed E-state index contributed by atoms with van der Waals surface area (Å²) in [6.45, 7) is 1.96. The Kier molecular flexibility index (Phi) is 2.67. The van der Waals surface area contributed by atoms with Crippen molar-refractivity contribution in [2.45, 2.75) is 25.3 Å². The molecule has 1 N–H and O–H groups in total. The number of imide groups is 1. The second-order valence-corrected chi connectivity index (χ2v) is 6.85. The minimum absolute atomic E-state index is 0.212. The van der Waals surface area contributed by atoms with E-state index >= 15 is 0 Å². The van der Waals surface area contributed by atoms with Crippen molar-refractivity contribution in [1.29, 1.82) is 0 Å². The van der Waals surface area contributed by atoms with Gasteiger partial charge < -0.3 is 4.90 Å². The van der Waals surface area contributed by atoms with E-state index in [2.05, 4.69) is 32.3 Å². The maximum Gasteiger partial charge on any atom is 0.324 e. The molecule has 1 aliphatic heterocycles. The van der Waals surface area contributed by atoms with Crippen molar-refractivity contribution >= 4 is 38.8 Å². The Labute approximate surface area is 135 Å². The van der Waals surface area contributed by atoms with Gasteiger partial charge in [-0.25, -0.2) is 4.79 Å². The van der Waals surface area contributed by atoms with Gasteiger partial charge in [-0.3, -0.25) is 15.1 Å². The van der Waals surface area contributed by atoms with E-state index in [9.17, 15) is 9.59 Å². The van der Waals surface area contributed by atoms with Crippen LogP contribution in [0.2, 0.25) is 0 Å². The average Bonchev–Trinajstić information content (AvgIpc) is 2.96. The molecule has 1 saturated heterocycles. The molecule has 6 heteroatoms. The first kappa shape index (κ1) is 13.7. The molecule has 1 atom stereocenters. The van der Waals surface area contributed by atoms with Crippen LogP contribution in [0.1, 0.15) is 16.8 Å². The van der Waals surface area contributed by atoms with Crippen molar-refractivity contribution in [3.05, 3.63) is 39.5 Å². The van der Waals surface area contributed by atoms with Gasteiger partial charge in [0.25, 0.3) is 5.91 Å². The predicted molar refractivity (Wildman–Crippen MR) is 85.6 cm³/mol. The Morgan fingerprint density at radius 1 is 1.32 bits per heavy atom. The predicted octanol–water partition coefficient (Wildman–Crippen LogP) is 2.32. The molecule has 2 aliphatic rings. The van der Waals surface area contributed by atoms with Crippen molar-refractivity contribution in [2.24, 2.45) is 0 Å². The molecule has 1 aliphatic carbocycles. The van der Waals surface area contributed by atoms with E-state index in [0.717, 1.165) is 32.2 Å². The molecule has 1 fully saturated rings. The first-order valence-corrected chi connectivity index (χ1v) is 7.88. The van der Waals surface area contributed by atoms with E-state index in [1.807, 2.05) is 19.1 Å². The van der Waals surface area contributed by atoms with Gasteiger partial charge in [-0.15, -0.1) is 0 Å². The van der Waals surface area contributed by atoms with Crippen LogP contribution < -0.4 is 5.32 Å². The van der Waals surface area contributed by atoms with Gasteiger partial charge >= 0.3 is 6.03 Å². The first-order valence-electron chi connectivity index (χ1n) is 7.09. The molecule has 4 rings (SSSR count). The summed E-state index contributed by atoms with van der Waals surface area (Å²) in [4.78, 5) is 30.3. The fraction of sp³-hybridized carbons (Fsp3) is 0.312. The van der Waals surface area contributed by atoms with Crippen LogP contribution in [0.4, 0.5) is 4.79 Å². The third kappa shape index (κ3) is 1.61. The van der Waals surface area contributed by atoms with Gasteiger partial charge in [0.2, 0.25) is 0 Å². The highest BCUT2D eigenvalue weighted by atomic mass is 79.9. The lowest BCUT2D eigenvalue weighted by molar-refractivity contribution is -0.125. The Bertz CT molecular complexity index is 864. The summed E-state index contributed by atoms with van der Waals surface area (Å²) >= 11 is 3.65. The highest BCUT2D eigenvalue weighted by Crippen LogP contribution is 2.42. The van der Waals surface area contributed by atoms with Crippen molar-refractivity contribution in [3.63, 3.8) is 0 Å². The van der Waals surface area contributed by atoms with Crippen molar-refractivity contribution < 1.29 is 9.59 Å². The zero-order valence-electron chi connectivity index (χ0n) is 12.2. The second-order valence-electron chi connectivity index (χ2n) is 6.06. The quantitative estimate of drug-likeness (QED) is 0.734. The molecule has 0 radical (unpaired) electrons. The summed E-state index contributed by atoms with van der Waals surface area (Å²) < 4.78 is 0.932. The summed E-state index contributed by atoms with van der Waals surface area (Å²) in [5.41, 5.74) is 3.23. The van der Waals surface area contributed by atoms with Crippen LogP contribution in [0.25, 0.3) is 10.9 Å². The number of pyridine rings is 1. The Morgan fingerprint density at radius 2 is 2.09 bits per heavy atom. The summed E-state index contributed by atoms with van der Waals surface area (Å²) in [5.74, 6) is -0.212. The molecule has 2 aromatic rings. The van der Waals surface area contributed by atoms with Gasteiger partial charge in [-0.1, -0.05) is 6.07 Å². The van der Waals surface area contributed by atoms with Crippen LogP contribution in [0.3, 0.4) is 0 Å². The zero-order valence-corrected chi connectivity index (χ0v) is 13.8. The number of hydrogen-bond acceptors (Lipinski definition) is 3. The van der Waals surface area contributed by atoms with Gasteiger partial charge in [-0.05, 0) is 46.1 Å². The molecule has 3 amide bonds. The minimum atomic E-state index is -0.797. The minimum Gasteiger partial charge on any atom is -0.312 e. The molecule has 1 aromatic carbocycles. The molecular weight excluding hydrogens is 346 g/mol. The maximum atomic E-state index is 12.3. The van der Waals surface area contributed by atoms with Crippen LogP contribution in [-0.2, 0) is 17.6 Å². The number of amides is 3. The fourth-order valence-corrected chi connectivity index (χ4v) is 4.19. The summed E-state index contributed by atoms with van der Waals surface area (Å²) in [5, 5.41) is 3.46. The number of benzene rings is 1. The number of carbonyl (C=O) groups is 2. The number of urea groups is 1. The lowest BCUT2D eigenvalue weighted by Crippen LogP contribution is -2.48. The number of rotatable bonds is 0. The molecular formula is C16H14BrN3O2. The smallest absolute Gasteiger partial charge is 0.312 e. The Hall–Kier alpha value is -1.95. The summed E-state index contributed by atoms with van der Waals surface area (Å²) in [7, 11) is 1.68. The summed E-state index contributed by atoms with van der Waals surface area (Å²) in [6, 6.07) is 5.77. The topological polar surface area (TPSA) is 62.3 Å². The van der Waals surface area contributed by atoms with Crippen LogP contribution in [-0.4, -0.2) is 34.4 Å². The molecule has 5 nitrogen and oxygen atoms in total. The van der Waals surface area contributed by atoms with E-state index in [1.165, 1.54) is 4.90 Å². The number of likely N-dealkylation sites (N-methyl/N-ethyl adjacent to an activating group) is 1. The zero-order chi connectivity index (χ0) is 15.6.